The number of nitrogens with zero attached hydrogens (tertiary/aromatic N) is 2. The Morgan fingerprint density at radius 3 is 2.83 bits per heavy atom. The number of sulfonamides is 1. The van der Waals surface area contributed by atoms with E-state index in [9.17, 15) is 13.2 Å². The van der Waals surface area contributed by atoms with Gasteiger partial charge in [0, 0.05) is 24.3 Å². The molecule has 152 valence electrons. The van der Waals surface area contributed by atoms with Crippen LogP contribution in [-0.2, 0) is 14.8 Å². The van der Waals surface area contributed by atoms with Crippen LogP contribution in [0.2, 0.25) is 5.02 Å². The van der Waals surface area contributed by atoms with Gasteiger partial charge < -0.3 is 15.0 Å². The molecule has 0 aliphatic carbocycles. The highest BCUT2D eigenvalue weighted by atomic mass is 35.5. The van der Waals surface area contributed by atoms with Gasteiger partial charge in [-0.15, -0.1) is 4.40 Å². The molecule has 4 rings (SSSR count). The summed E-state index contributed by atoms with van der Waals surface area (Å²) in [5.41, 5.74) is 1.18. The van der Waals surface area contributed by atoms with Crippen LogP contribution in [0.4, 0.5) is 5.69 Å². The van der Waals surface area contributed by atoms with Gasteiger partial charge in [-0.05, 0) is 43.2 Å². The largest absolute Gasteiger partial charge is 0.495 e. The third-order valence-corrected chi connectivity index (χ3v) is 6.74. The standard InChI is InChI=1S/C20H20ClN3O4S/c1-28-17-9-8-14(11-16(17)21)22-20(25)13-5-4-10-24(12-13)19-15-6-2-3-7-18(15)29(26,27)23-19/h2-3,6-9,11,13H,4-5,10,12H2,1H3,(H,22,25). The fourth-order valence-corrected chi connectivity index (χ4v) is 5.17. The Balaban J connectivity index is 1.50. The van der Waals surface area contributed by atoms with Crippen molar-refractivity contribution in [3.63, 3.8) is 0 Å². The first-order chi connectivity index (χ1) is 13.9. The molecule has 0 aromatic heterocycles. The van der Waals surface area contributed by atoms with E-state index in [1.807, 2.05) is 4.90 Å². The molecule has 2 aliphatic heterocycles. The van der Waals surface area contributed by atoms with Gasteiger partial charge in [-0.1, -0.05) is 23.7 Å². The zero-order valence-electron chi connectivity index (χ0n) is 15.8. The number of anilines is 1. The first-order valence-corrected chi connectivity index (χ1v) is 11.0. The van der Waals surface area contributed by atoms with Gasteiger partial charge in [0.05, 0.1) is 18.1 Å². The van der Waals surface area contributed by atoms with Crippen LogP contribution in [0.1, 0.15) is 18.4 Å². The second-order valence-electron chi connectivity index (χ2n) is 7.01. The molecule has 2 aliphatic rings. The summed E-state index contributed by atoms with van der Waals surface area (Å²) in [4.78, 5) is 14.9. The van der Waals surface area contributed by atoms with Gasteiger partial charge in [0.2, 0.25) is 5.91 Å². The Labute approximate surface area is 174 Å². The highest BCUT2D eigenvalue weighted by Gasteiger charge is 2.35. The Kier molecular flexibility index (Phi) is 5.23. The lowest BCUT2D eigenvalue weighted by atomic mass is 9.96. The number of carbonyl (C=O) groups is 1. The Bertz CT molecular complexity index is 1100. The quantitative estimate of drug-likeness (QED) is 0.803. The van der Waals surface area contributed by atoms with Gasteiger partial charge in [0.25, 0.3) is 10.0 Å². The van der Waals surface area contributed by atoms with Gasteiger partial charge in [-0.2, -0.15) is 8.42 Å². The average Bonchev–Trinajstić information content (AvgIpc) is 3.00. The summed E-state index contributed by atoms with van der Waals surface area (Å²) in [6, 6.07) is 11.8. The average molecular weight is 434 g/mol. The Morgan fingerprint density at radius 1 is 1.28 bits per heavy atom. The minimum atomic E-state index is -3.68. The summed E-state index contributed by atoms with van der Waals surface area (Å²) in [5.74, 6) is 0.534. The van der Waals surface area contributed by atoms with Crippen molar-refractivity contribution < 1.29 is 17.9 Å². The van der Waals surface area contributed by atoms with Gasteiger partial charge in [0.1, 0.15) is 10.6 Å². The topological polar surface area (TPSA) is 88.1 Å². The smallest absolute Gasteiger partial charge is 0.285 e. The van der Waals surface area contributed by atoms with E-state index in [1.165, 1.54) is 7.11 Å². The monoisotopic (exact) mass is 433 g/mol. The van der Waals surface area contributed by atoms with Crippen LogP contribution in [0, 0.1) is 5.92 Å². The SMILES string of the molecule is COc1ccc(NC(=O)C2CCCN(C3=NS(=O)(=O)c4ccccc43)C2)cc1Cl. The van der Waals surface area contributed by atoms with Crippen LogP contribution in [0.15, 0.2) is 51.8 Å². The van der Waals surface area contributed by atoms with E-state index >= 15 is 0 Å². The number of halogens is 1. The molecule has 0 bridgehead atoms. The lowest BCUT2D eigenvalue weighted by Gasteiger charge is -2.33. The number of hydrogen-bond donors (Lipinski definition) is 1. The molecule has 1 amide bonds. The fraction of sp³-hybridized carbons (Fsp3) is 0.300. The number of piperidine rings is 1. The number of fused-ring (bicyclic) bond motifs is 1. The van der Waals surface area contributed by atoms with Gasteiger partial charge in [-0.25, -0.2) is 0 Å². The molecule has 1 saturated heterocycles. The number of methoxy groups -OCH3 is 1. The maximum Gasteiger partial charge on any atom is 0.285 e. The maximum absolute atomic E-state index is 12.8. The van der Waals surface area contributed by atoms with E-state index in [2.05, 4.69) is 9.71 Å². The van der Waals surface area contributed by atoms with Gasteiger partial charge in [-0.3, -0.25) is 4.79 Å². The van der Waals surface area contributed by atoms with E-state index in [4.69, 9.17) is 16.3 Å². The van der Waals surface area contributed by atoms with E-state index in [0.29, 0.717) is 47.4 Å². The van der Waals surface area contributed by atoms with Crippen LogP contribution in [0.25, 0.3) is 0 Å². The molecule has 2 heterocycles. The van der Waals surface area contributed by atoms with Gasteiger partial charge in [0.15, 0.2) is 5.84 Å². The van der Waals surface area contributed by atoms with Crippen molar-refractivity contribution >= 4 is 39.1 Å². The number of nitrogens with one attached hydrogen (secondary N) is 1. The Hall–Kier alpha value is -2.58. The second-order valence-corrected chi connectivity index (χ2v) is 8.99. The lowest BCUT2D eigenvalue weighted by molar-refractivity contribution is -0.121. The van der Waals surface area contributed by atoms with Crippen molar-refractivity contribution in [3.05, 3.63) is 53.1 Å². The summed E-state index contributed by atoms with van der Waals surface area (Å²) in [5, 5.41) is 3.30. The van der Waals surface area contributed by atoms with E-state index in [1.54, 1.807) is 42.5 Å². The van der Waals surface area contributed by atoms with Crippen molar-refractivity contribution in [1.29, 1.82) is 0 Å². The van der Waals surface area contributed by atoms with Crippen molar-refractivity contribution in [3.8, 4) is 5.75 Å². The van der Waals surface area contributed by atoms with Crippen molar-refractivity contribution in [2.24, 2.45) is 10.3 Å². The van der Waals surface area contributed by atoms with E-state index in [0.717, 1.165) is 6.42 Å². The predicted octanol–water partition coefficient (Wildman–Crippen LogP) is 3.15. The predicted molar refractivity (Wildman–Crippen MR) is 111 cm³/mol. The number of carbonyl (C=O) groups excluding carboxylic acids is 1. The number of amidine groups is 1. The van der Waals surface area contributed by atoms with Crippen LogP contribution in [0.3, 0.4) is 0 Å². The first-order valence-electron chi connectivity index (χ1n) is 9.23. The first kappa shape index (κ1) is 19.7. The molecule has 1 N–H and O–H groups in total. The third kappa shape index (κ3) is 3.82. The van der Waals surface area contributed by atoms with Crippen LogP contribution < -0.4 is 10.1 Å². The Morgan fingerprint density at radius 2 is 2.07 bits per heavy atom. The number of amides is 1. The molecule has 29 heavy (non-hydrogen) atoms. The molecule has 7 nitrogen and oxygen atoms in total. The summed E-state index contributed by atoms with van der Waals surface area (Å²) < 4.78 is 33.8. The second kappa shape index (κ2) is 7.68. The van der Waals surface area contributed by atoms with Crippen LogP contribution in [-0.4, -0.2) is 45.3 Å². The molecule has 1 fully saturated rings. The number of likely N-dealkylation sites (tertiary alicyclic amines) is 1. The van der Waals surface area contributed by atoms with Crippen molar-refractivity contribution in [2.75, 3.05) is 25.5 Å². The van der Waals surface area contributed by atoms with Crippen LogP contribution >= 0.6 is 11.6 Å². The molecule has 1 atom stereocenters. The molecule has 0 radical (unpaired) electrons. The van der Waals surface area contributed by atoms with Crippen molar-refractivity contribution in [2.45, 2.75) is 17.7 Å². The fourth-order valence-electron chi connectivity index (χ4n) is 3.69. The third-order valence-electron chi connectivity index (χ3n) is 5.12. The molecule has 1 unspecified atom stereocenters. The number of benzene rings is 2. The minimum Gasteiger partial charge on any atom is -0.495 e. The maximum atomic E-state index is 12.8. The number of ether oxygens (including phenoxy) is 1. The molecule has 9 heteroatoms. The molecule has 0 saturated carbocycles. The highest BCUT2D eigenvalue weighted by Crippen LogP contribution is 2.31. The minimum absolute atomic E-state index is 0.134. The molecule has 2 aromatic carbocycles. The van der Waals surface area contributed by atoms with Crippen molar-refractivity contribution in [1.82, 2.24) is 4.90 Å². The highest BCUT2D eigenvalue weighted by molar-refractivity contribution is 7.90. The summed E-state index contributed by atoms with van der Waals surface area (Å²) in [7, 11) is -2.15. The summed E-state index contributed by atoms with van der Waals surface area (Å²) in [6.07, 6.45) is 1.48. The van der Waals surface area contributed by atoms with E-state index in [-0.39, 0.29) is 16.7 Å². The number of rotatable bonds is 3. The zero-order valence-corrected chi connectivity index (χ0v) is 17.3. The van der Waals surface area contributed by atoms with Crippen LogP contribution in [0.5, 0.6) is 5.75 Å². The molecular weight excluding hydrogens is 414 g/mol. The summed E-state index contributed by atoms with van der Waals surface area (Å²) >= 11 is 6.13. The molecular formula is C20H20ClN3O4S. The van der Waals surface area contributed by atoms with E-state index < -0.39 is 10.0 Å². The zero-order chi connectivity index (χ0) is 20.6. The van der Waals surface area contributed by atoms with Gasteiger partial charge >= 0.3 is 0 Å². The molecule has 0 spiro atoms. The molecule has 2 aromatic rings. The number of hydrogen-bond acceptors (Lipinski definition) is 5. The lowest BCUT2D eigenvalue weighted by Crippen LogP contribution is -2.43. The normalized spacial score (nSPS) is 20.0. The summed E-state index contributed by atoms with van der Waals surface area (Å²) in [6.45, 7) is 1.05.